The van der Waals surface area contributed by atoms with Gasteiger partial charge in [0.1, 0.15) is 0 Å². The van der Waals surface area contributed by atoms with Crippen LogP contribution in [-0.4, -0.2) is 54.7 Å². The summed E-state index contributed by atoms with van der Waals surface area (Å²) in [6, 6.07) is 4.83. The molecule has 0 N–H and O–H groups in total. The molecule has 4 rings (SSSR count). The number of rotatable bonds is 4. The number of halogens is 3. The first-order valence-electron chi connectivity index (χ1n) is 9.47. The highest BCUT2D eigenvalue weighted by Gasteiger charge is 2.38. The first-order chi connectivity index (χ1) is 14.8. The molecule has 2 aliphatic rings. The standard InChI is InChI=1S/C20H18F3N3O4S/c1-2-29-19(28)30-16-7-24-18(31-16)26-10-12-8-25(9-13(12)11-26)17(27)14-5-3-4-6-15(14)20(21,22)23/h3-7H,2,8-11H2,1H3. The molecule has 0 aliphatic carbocycles. The van der Waals surface area contributed by atoms with Gasteiger partial charge in [-0.15, -0.1) is 0 Å². The van der Waals surface area contributed by atoms with Crippen LogP contribution in [0.15, 0.2) is 41.6 Å². The number of nitrogens with zero attached hydrogens (tertiary/aromatic N) is 3. The normalized spacial score (nSPS) is 16.0. The van der Waals surface area contributed by atoms with E-state index in [0.29, 0.717) is 23.3 Å². The number of ether oxygens (including phenoxy) is 2. The van der Waals surface area contributed by atoms with Crippen molar-refractivity contribution in [3.63, 3.8) is 0 Å². The number of hydrogen-bond donors (Lipinski definition) is 0. The van der Waals surface area contributed by atoms with Crippen LogP contribution in [0.1, 0.15) is 22.8 Å². The van der Waals surface area contributed by atoms with E-state index in [1.54, 1.807) is 6.92 Å². The lowest BCUT2D eigenvalue weighted by atomic mass is 10.1. The van der Waals surface area contributed by atoms with Crippen molar-refractivity contribution >= 4 is 28.5 Å². The number of hydrogen-bond acceptors (Lipinski definition) is 7. The molecule has 2 aromatic rings. The Morgan fingerprint density at radius 2 is 1.81 bits per heavy atom. The second-order valence-electron chi connectivity index (χ2n) is 7.01. The minimum atomic E-state index is -4.59. The van der Waals surface area contributed by atoms with Gasteiger partial charge in [-0.1, -0.05) is 23.5 Å². The quantitative estimate of drug-likeness (QED) is 0.515. The van der Waals surface area contributed by atoms with E-state index in [2.05, 4.69) is 4.98 Å². The Labute approximate surface area is 179 Å². The van der Waals surface area contributed by atoms with E-state index in [9.17, 15) is 22.8 Å². The fraction of sp³-hybridized carbons (Fsp3) is 0.350. The Balaban J connectivity index is 1.39. The van der Waals surface area contributed by atoms with E-state index in [1.807, 2.05) is 4.90 Å². The van der Waals surface area contributed by atoms with Crippen LogP contribution >= 0.6 is 11.3 Å². The van der Waals surface area contributed by atoms with E-state index < -0.39 is 23.8 Å². The van der Waals surface area contributed by atoms with Crippen molar-refractivity contribution in [3.05, 3.63) is 52.7 Å². The van der Waals surface area contributed by atoms with Gasteiger partial charge >= 0.3 is 12.3 Å². The molecule has 1 amide bonds. The topological polar surface area (TPSA) is 72.0 Å². The zero-order valence-corrected chi connectivity index (χ0v) is 17.3. The van der Waals surface area contributed by atoms with E-state index >= 15 is 0 Å². The van der Waals surface area contributed by atoms with Gasteiger partial charge in [-0.25, -0.2) is 9.78 Å². The van der Waals surface area contributed by atoms with Crippen LogP contribution in [0.5, 0.6) is 5.06 Å². The summed E-state index contributed by atoms with van der Waals surface area (Å²) in [6.07, 6.45) is -3.95. The van der Waals surface area contributed by atoms with Crippen LogP contribution in [0.2, 0.25) is 0 Å². The molecule has 0 saturated carbocycles. The minimum absolute atomic E-state index is 0.204. The van der Waals surface area contributed by atoms with Crippen LogP contribution in [-0.2, 0) is 10.9 Å². The van der Waals surface area contributed by atoms with E-state index in [4.69, 9.17) is 9.47 Å². The number of carbonyl (C=O) groups is 2. The zero-order valence-electron chi connectivity index (χ0n) is 16.4. The molecule has 0 unspecified atom stereocenters. The summed E-state index contributed by atoms with van der Waals surface area (Å²) in [5, 5.41) is 0.954. The molecule has 7 nitrogen and oxygen atoms in total. The predicted octanol–water partition coefficient (Wildman–Crippen LogP) is 3.97. The van der Waals surface area contributed by atoms with Gasteiger partial charge in [-0.2, -0.15) is 13.2 Å². The Kier molecular flexibility index (Phi) is 5.61. The highest BCUT2D eigenvalue weighted by Crippen LogP contribution is 2.36. The van der Waals surface area contributed by atoms with Gasteiger partial charge in [0.05, 0.1) is 23.9 Å². The summed E-state index contributed by atoms with van der Waals surface area (Å²) in [7, 11) is 0. The molecular formula is C20H18F3N3O4S. The second kappa shape index (κ2) is 8.22. The van der Waals surface area contributed by atoms with Crippen LogP contribution in [0, 0.1) is 0 Å². The summed E-state index contributed by atoms with van der Waals surface area (Å²) in [5.41, 5.74) is 0.709. The van der Waals surface area contributed by atoms with Gasteiger partial charge in [-0.3, -0.25) is 4.79 Å². The fourth-order valence-electron chi connectivity index (χ4n) is 3.62. The zero-order chi connectivity index (χ0) is 22.2. The third-order valence-electron chi connectivity index (χ3n) is 4.97. The molecule has 0 bridgehead atoms. The van der Waals surface area contributed by atoms with Crippen molar-refractivity contribution in [1.29, 1.82) is 0 Å². The van der Waals surface area contributed by atoms with Gasteiger partial charge in [-0.05, 0) is 30.2 Å². The van der Waals surface area contributed by atoms with Gasteiger partial charge in [0.15, 0.2) is 5.13 Å². The highest BCUT2D eigenvalue weighted by atomic mass is 32.1. The van der Waals surface area contributed by atoms with Crippen molar-refractivity contribution in [1.82, 2.24) is 9.88 Å². The molecule has 0 fully saturated rings. The van der Waals surface area contributed by atoms with Crippen molar-refractivity contribution in [2.24, 2.45) is 0 Å². The average molecular weight is 453 g/mol. The largest absolute Gasteiger partial charge is 0.514 e. The minimum Gasteiger partial charge on any atom is -0.434 e. The Bertz CT molecular complexity index is 1030. The number of carbonyl (C=O) groups excluding carboxylic acids is 2. The van der Waals surface area contributed by atoms with Crippen molar-refractivity contribution < 1.29 is 32.2 Å². The number of aromatic nitrogens is 1. The van der Waals surface area contributed by atoms with Gasteiger partial charge < -0.3 is 19.3 Å². The first-order valence-corrected chi connectivity index (χ1v) is 10.3. The maximum Gasteiger partial charge on any atom is 0.514 e. The molecule has 0 saturated heterocycles. The Morgan fingerprint density at radius 1 is 1.13 bits per heavy atom. The van der Waals surface area contributed by atoms with E-state index in [0.717, 1.165) is 17.2 Å². The summed E-state index contributed by atoms with van der Waals surface area (Å²) in [5.74, 6) is -0.631. The third-order valence-corrected chi connectivity index (χ3v) is 5.90. The molecule has 3 heterocycles. The third kappa shape index (κ3) is 4.36. The number of thiazole rings is 1. The maximum absolute atomic E-state index is 13.3. The van der Waals surface area contributed by atoms with Crippen molar-refractivity contribution in [2.45, 2.75) is 13.1 Å². The fourth-order valence-corrected chi connectivity index (χ4v) is 4.38. The number of amides is 1. The molecule has 164 valence electrons. The van der Waals surface area contributed by atoms with Crippen LogP contribution in [0.25, 0.3) is 0 Å². The number of benzene rings is 1. The smallest absolute Gasteiger partial charge is 0.434 e. The molecular weight excluding hydrogens is 435 g/mol. The lowest BCUT2D eigenvalue weighted by molar-refractivity contribution is -0.138. The molecule has 1 aromatic heterocycles. The van der Waals surface area contributed by atoms with Crippen LogP contribution in [0.4, 0.5) is 23.1 Å². The van der Waals surface area contributed by atoms with Gasteiger partial charge in [0.25, 0.3) is 5.91 Å². The molecule has 1 aromatic carbocycles. The molecule has 2 aliphatic heterocycles. The molecule has 0 atom stereocenters. The Morgan fingerprint density at radius 3 is 2.45 bits per heavy atom. The first kappa shape index (κ1) is 21.2. The summed E-state index contributed by atoms with van der Waals surface area (Å²) in [4.78, 5) is 31.8. The van der Waals surface area contributed by atoms with Gasteiger partial charge in [0.2, 0.25) is 5.06 Å². The predicted molar refractivity (Wildman–Crippen MR) is 106 cm³/mol. The summed E-state index contributed by atoms with van der Waals surface area (Å²) >= 11 is 1.19. The van der Waals surface area contributed by atoms with Gasteiger partial charge in [0, 0.05) is 26.2 Å². The van der Waals surface area contributed by atoms with E-state index in [1.165, 1.54) is 40.6 Å². The highest BCUT2D eigenvalue weighted by molar-refractivity contribution is 7.17. The molecule has 0 radical (unpaired) electrons. The molecule has 31 heavy (non-hydrogen) atoms. The molecule has 11 heteroatoms. The molecule has 0 spiro atoms. The van der Waals surface area contributed by atoms with Crippen LogP contribution in [0.3, 0.4) is 0 Å². The summed E-state index contributed by atoms with van der Waals surface area (Å²) in [6.45, 7) is 3.43. The lowest BCUT2D eigenvalue weighted by Gasteiger charge is -2.23. The number of alkyl halides is 3. The monoisotopic (exact) mass is 453 g/mol. The lowest BCUT2D eigenvalue weighted by Crippen LogP contribution is -2.35. The second-order valence-corrected chi connectivity index (χ2v) is 7.99. The van der Waals surface area contributed by atoms with Crippen molar-refractivity contribution in [3.8, 4) is 5.06 Å². The Hall–Kier alpha value is -3.08. The maximum atomic E-state index is 13.3. The van der Waals surface area contributed by atoms with Crippen LogP contribution < -0.4 is 9.64 Å². The SMILES string of the molecule is CCOC(=O)Oc1cnc(N2CC3=C(CN(C(=O)c4ccccc4C(F)(F)F)C3)C2)s1. The summed E-state index contributed by atoms with van der Waals surface area (Å²) < 4.78 is 49.5. The van der Waals surface area contributed by atoms with E-state index in [-0.39, 0.29) is 25.3 Å². The van der Waals surface area contributed by atoms with Crippen molar-refractivity contribution in [2.75, 3.05) is 37.7 Å². The average Bonchev–Trinajstić information content (AvgIpc) is 3.41. The number of anilines is 1.